The molecule has 0 bridgehead atoms. The van der Waals surface area contributed by atoms with Crippen molar-refractivity contribution in [1.29, 1.82) is 0 Å². The number of hydrogen-bond donors (Lipinski definition) is 3. The van der Waals surface area contributed by atoms with Crippen LogP contribution in [0.4, 0.5) is 0 Å². The molecule has 3 aromatic rings. The summed E-state index contributed by atoms with van der Waals surface area (Å²) >= 11 is 0. The Morgan fingerprint density at radius 2 is 1.78 bits per heavy atom. The average molecular weight is 560 g/mol. The summed E-state index contributed by atoms with van der Waals surface area (Å²) in [7, 11) is 3.22. The van der Waals surface area contributed by atoms with E-state index in [0.29, 0.717) is 48.5 Å². The third-order valence-electron chi connectivity index (χ3n) is 5.06. The molecule has 3 rings (SSSR count). The van der Waals surface area contributed by atoms with Gasteiger partial charge in [-0.05, 0) is 61.9 Å². The highest BCUT2D eigenvalue weighted by molar-refractivity contribution is 5.87. The number of methoxy groups -OCH3 is 2. The zero-order chi connectivity index (χ0) is 24.3. The SMILES string of the molecule is CCOC(=O)c1cnc(-c2ccc(OCC(O)CNCCc3ccc(OC)c(OC)c3)cc2)[nH]1.Cl.Cl.O. The first kappa shape index (κ1) is 34.0. The fourth-order valence-electron chi connectivity index (χ4n) is 3.28. The molecule has 10 nitrogen and oxygen atoms in total. The quantitative estimate of drug-likeness (QED) is 0.214. The number of aromatic amines is 1. The molecular formula is C25H35Cl2N3O7. The zero-order valence-electron chi connectivity index (χ0n) is 21.0. The number of carbonyl (C=O) groups is 1. The molecule has 0 saturated carbocycles. The smallest absolute Gasteiger partial charge is 0.356 e. The normalized spacial score (nSPS) is 10.7. The van der Waals surface area contributed by atoms with E-state index in [-0.39, 0.29) is 36.9 Å². The first-order valence-corrected chi connectivity index (χ1v) is 11.1. The predicted molar refractivity (Wildman–Crippen MR) is 146 cm³/mol. The fraction of sp³-hybridized carbons (Fsp3) is 0.360. The number of ether oxygens (including phenoxy) is 4. The Morgan fingerprint density at radius 1 is 1.08 bits per heavy atom. The molecule has 0 aliphatic carbocycles. The van der Waals surface area contributed by atoms with Gasteiger partial charge >= 0.3 is 5.97 Å². The zero-order valence-corrected chi connectivity index (χ0v) is 22.6. The lowest BCUT2D eigenvalue weighted by Crippen LogP contribution is -2.32. The van der Waals surface area contributed by atoms with Gasteiger partial charge < -0.3 is 39.8 Å². The highest BCUT2D eigenvalue weighted by Crippen LogP contribution is 2.27. The van der Waals surface area contributed by atoms with Crippen LogP contribution in [-0.2, 0) is 11.2 Å². The van der Waals surface area contributed by atoms with E-state index in [1.54, 1.807) is 33.3 Å². The maximum atomic E-state index is 11.8. The van der Waals surface area contributed by atoms with E-state index in [9.17, 15) is 9.90 Å². The Kier molecular flexibility index (Phi) is 16.0. The van der Waals surface area contributed by atoms with Crippen LogP contribution in [-0.4, -0.2) is 73.1 Å². The van der Waals surface area contributed by atoms with Crippen LogP contribution < -0.4 is 19.5 Å². The Morgan fingerprint density at radius 3 is 2.43 bits per heavy atom. The number of benzene rings is 2. The van der Waals surface area contributed by atoms with Crippen LogP contribution in [0.1, 0.15) is 23.0 Å². The molecule has 1 atom stereocenters. The van der Waals surface area contributed by atoms with Gasteiger partial charge in [0.05, 0.1) is 27.0 Å². The number of nitrogens with one attached hydrogen (secondary N) is 2. The second-order valence-electron chi connectivity index (χ2n) is 7.50. The number of esters is 1. The van der Waals surface area contributed by atoms with Crippen molar-refractivity contribution >= 4 is 30.8 Å². The maximum absolute atomic E-state index is 11.8. The van der Waals surface area contributed by atoms with Crippen molar-refractivity contribution in [2.24, 2.45) is 0 Å². The van der Waals surface area contributed by atoms with Crippen molar-refractivity contribution in [2.45, 2.75) is 19.4 Å². The van der Waals surface area contributed by atoms with Crippen molar-refractivity contribution in [1.82, 2.24) is 15.3 Å². The summed E-state index contributed by atoms with van der Waals surface area (Å²) in [6.45, 7) is 3.34. The summed E-state index contributed by atoms with van der Waals surface area (Å²) in [5.41, 5.74) is 2.22. The summed E-state index contributed by atoms with van der Waals surface area (Å²) in [5, 5.41) is 13.4. The number of nitrogens with zero attached hydrogens (tertiary/aromatic N) is 1. The van der Waals surface area contributed by atoms with Crippen LogP contribution in [0.5, 0.6) is 17.2 Å². The standard InChI is InChI=1S/C25H31N3O6.2ClH.H2O/c1-4-33-25(30)21-15-27-24(28-21)18-6-8-20(9-7-18)34-16-19(29)14-26-12-11-17-5-10-22(31-2)23(13-17)32-3;;;/h5-10,13,15,19,26,29H,4,11-12,14,16H2,1-3H3,(H,27,28);2*1H;1H2. The number of imidazole rings is 1. The Hall–Kier alpha value is -3.02. The molecule has 206 valence electrons. The molecule has 0 spiro atoms. The number of halogens is 2. The Bertz CT molecular complexity index is 1060. The minimum atomic E-state index is -0.651. The molecule has 37 heavy (non-hydrogen) atoms. The van der Waals surface area contributed by atoms with E-state index >= 15 is 0 Å². The molecular weight excluding hydrogens is 525 g/mol. The number of rotatable bonds is 13. The number of aliphatic hydroxyl groups is 1. The highest BCUT2D eigenvalue weighted by Gasteiger charge is 2.12. The van der Waals surface area contributed by atoms with E-state index < -0.39 is 12.1 Å². The van der Waals surface area contributed by atoms with Crippen LogP contribution in [0, 0.1) is 0 Å². The van der Waals surface area contributed by atoms with Gasteiger partial charge in [-0.25, -0.2) is 9.78 Å². The number of H-pyrrole nitrogens is 1. The Labute approximate surface area is 228 Å². The van der Waals surface area contributed by atoms with E-state index in [0.717, 1.165) is 17.5 Å². The number of carbonyl (C=O) groups excluding carboxylic acids is 1. The van der Waals surface area contributed by atoms with Gasteiger partial charge in [-0.3, -0.25) is 0 Å². The third-order valence-corrected chi connectivity index (χ3v) is 5.06. The van der Waals surface area contributed by atoms with E-state index in [2.05, 4.69) is 15.3 Å². The van der Waals surface area contributed by atoms with Gasteiger partial charge in [0.1, 0.15) is 30.0 Å². The molecule has 2 aromatic carbocycles. The molecule has 1 unspecified atom stereocenters. The second-order valence-corrected chi connectivity index (χ2v) is 7.50. The summed E-state index contributed by atoms with van der Waals surface area (Å²) < 4.78 is 21.2. The van der Waals surface area contributed by atoms with Crippen molar-refractivity contribution in [2.75, 3.05) is 40.5 Å². The largest absolute Gasteiger partial charge is 0.493 e. The molecule has 0 aliphatic heterocycles. The van der Waals surface area contributed by atoms with Crippen molar-refractivity contribution in [3.05, 3.63) is 59.9 Å². The minimum Gasteiger partial charge on any atom is -0.493 e. The van der Waals surface area contributed by atoms with Crippen LogP contribution in [0.3, 0.4) is 0 Å². The van der Waals surface area contributed by atoms with Crippen LogP contribution >= 0.6 is 24.8 Å². The monoisotopic (exact) mass is 559 g/mol. The third kappa shape index (κ3) is 10.1. The number of aliphatic hydroxyl groups excluding tert-OH is 1. The summed E-state index contributed by atoms with van der Waals surface area (Å²) in [4.78, 5) is 18.9. The minimum absolute atomic E-state index is 0. The van der Waals surface area contributed by atoms with E-state index in [1.807, 2.05) is 30.3 Å². The highest BCUT2D eigenvalue weighted by atomic mass is 35.5. The van der Waals surface area contributed by atoms with E-state index in [1.165, 1.54) is 6.20 Å². The summed E-state index contributed by atoms with van der Waals surface area (Å²) in [6.07, 6.45) is 1.59. The molecule has 1 heterocycles. The topological polar surface area (TPSA) is 146 Å². The second kappa shape index (κ2) is 17.4. The van der Waals surface area contributed by atoms with Crippen molar-refractivity contribution < 1.29 is 34.3 Å². The molecule has 0 saturated heterocycles. The molecule has 5 N–H and O–H groups in total. The Balaban J connectivity index is 0.00000432. The molecule has 1 aromatic heterocycles. The van der Waals surface area contributed by atoms with Gasteiger partial charge in [0.2, 0.25) is 0 Å². The van der Waals surface area contributed by atoms with Crippen molar-refractivity contribution in [3.8, 4) is 28.6 Å². The van der Waals surface area contributed by atoms with Gasteiger partial charge in [-0.15, -0.1) is 24.8 Å². The van der Waals surface area contributed by atoms with Crippen LogP contribution in [0.2, 0.25) is 0 Å². The van der Waals surface area contributed by atoms with Crippen LogP contribution in [0.15, 0.2) is 48.7 Å². The number of aromatic nitrogens is 2. The molecule has 0 amide bonds. The summed E-state index contributed by atoms with van der Waals surface area (Å²) in [5.74, 6) is 2.16. The summed E-state index contributed by atoms with van der Waals surface area (Å²) in [6, 6.07) is 13.1. The fourth-order valence-corrected chi connectivity index (χ4v) is 3.28. The van der Waals surface area contributed by atoms with Gasteiger partial charge in [0.15, 0.2) is 11.5 Å². The van der Waals surface area contributed by atoms with Gasteiger partial charge in [-0.2, -0.15) is 0 Å². The first-order chi connectivity index (χ1) is 16.5. The molecule has 0 radical (unpaired) electrons. The maximum Gasteiger partial charge on any atom is 0.356 e. The van der Waals surface area contributed by atoms with Gasteiger partial charge in [-0.1, -0.05) is 6.07 Å². The lowest BCUT2D eigenvalue weighted by Gasteiger charge is -2.14. The van der Waals surface area contributed by atoms with Gasteiger partial charge in [0, 0.05) is 12.1 Å². The average Bonchev–Trinajstić information content (AvgIpc) is 3.36. The predicted octanol–water partition coefficient (Wildman–Crippen LogP) is 2.86. The van der Waals surface area contributed by atoms with E-state index in [4.69, 9.17) is 18.9 Å². The molecule has 12 heteroatoms. The van der Waals surface area contributed by atoms with Crippen LogP contribution in [0.25, 0.3) is 11.4 Å². The lowest BCUT2D eigenvalue weighted by molar-refractivity contribution is 0.0520. The first-order valence-electron chi connectivity index (χ1n) is 11.1. The molecule has 0 fully saturated rings. The lowest BCUT2D eigenvalue weighted by atomic mass is 10.1. The molecule has 0 aliphatic rings. The van der Waals surface area contributed by atoms with Gasteiger partial charge in [0.25, 0.3) is 0 Å². The number of hydrogen-bond acceptors (Lipinski definition) is 8. The van der Waals surface area contributed by atoms with Crippen molar-refractivity contribution in [3.63, 3.8) is 0 Å².